The summed E-state index contributed by atoms with van der Waals surface area (Å²) in [7, 11) is 0. The Morgan fingerprint density at radius 3 is 2.57 bits per heavy atom. The number of aromatic nitrogens is 1. The molecule has 0 radical (unpaired) electrons. The quantitative estimate of drug-likeness (QED) is 0.340. The molecule has 0 aliphatic heterocycles. The van der Waals surface area contributed by atoms with E-state index in [1.54, 1.807) is 41.3 Å². The number of hydrogen-bond donors (Lipinski definition) is 3. The molecular weight excluding hydrogens is 323 g/mol. The van der Waals surface area contributed by atoms with E-state index in [2.05, 4.69) is 4.98 Å². The van der Waals surface area contributed by atoms with Crippen LogP contribution in [-0.4, -0.2) is 16.1 Å². The lowest BCUT2D eigenvalue weighted by atomic mass is 10.0. The van der Waals surface area contributed by atoms with Gasteiger partial charge in [-0.2, -0.15) is 0 Å². The molecule has 0 fully saturated rings. The summed E-state index contributed by atoms with van der Waals surface area (Å²) in [5.74, 6) is -1.62. The zero-order valence-corrected chi connectivity index (χ0v) is 12.3. The second-order valence-electron chi connectivity index (χ2n) is 4.45. The van der Waals surface area contributed by atoms with Gasteiger partial charge in [-0.15, -0.1) is 5.53 Å². The summed E-state index contributed by atoms with van der Waals surface area (Å²) >= 11 is 5.95. The first kappa shape index (κ1) is 16.4. The van der Waals surface area contributed by atoms with Crippen molar-refractivity contribution in [3.63, 3.8) is 0 Å². The fourth-order valence-electron chi connectivity index (χ4n) is 2.27. The summed E-state index contributed by atoms with van der Waals surface area (Å²) in [6.45, 7) is 0. The fourth-order valence-corrected chi connectivity index (χ4v) is 2.44. The minimum atomic E-state index is -1.14. The number of H-pyrrole nitrogens is 1. The van der Waals surface area contributed by atoms with Crippen LogP contribution in [0.1, 0.15) is 10.5 Å². The topological polar surface area (TPSA) is 113 Å². The highest BCUT2D eigenvalue weighted by atomic mass is 35.5. The molecule has 3 N–H and O–H groups in total. The average molecular weight is 333 g/mol. The number of hydrogen-bond acceptors (Lipinski definition) is 2. The van der Waals surface area contributed by atoms with E-state index in [1.165, 1.54) is 6.07 Å². The van der Waals surface area contributed by atoms with E-state index in [9.17, 15) is 14.3 Å². The Kier molecular flexibility index (Phi) is 4.85. The minimum absolute atomic E-state index is 0.0487. The van der Waals surface area contributed by atoms with Crippen molar-refractivity contribution in [1.82, 2.24) is 4.98 Å². The zero-order valence-electron chi connectivity index (χ0n) is 11.5. The molecule has 6 nitrogen and oxygen atoms in total. The lowest BCUT2D eigenvalue weighted by molar-refractivity contribution is 0.0692. The first-order valence-corrected chi connectivity index (χ1v) is 6.67. The molecule has 3 rings (SSSR count). The van der Waals surface area contributed by atoms with Crippen LogP contribution in [0.2, 0.25) is 5.02 Å². The Hall–Kier alpha value is -3.02. The normalized spacial score (nSPS) is 9.83. The van der Waals surface area contributed by atoms with Gasteiger partial charge in [-0.1, -0.05) is 29.8 Å². The van der Waals surface area contributed by atoms with Gasteiger partial charge in [-0.25, -0.2) is 9.18 Å². The number of nitrogens with one attached hydrogen (secondary N) is 2. The molecule has 0 atom stereocenters. The van der Waals surface area contributed by atoms with E-state index >= 15 is 0 Å². The average Bonchev–Trinajstić information content (AvgIpc) is 2.87. The summed E-state index contributed by atoms with van der Waals surface area (Å²) in [6.07, 6.45) is 0. The van der Waals surface area contributed by atoms with Gasteiger partial charge in [0.15, 0.2) is 0 Å². The molecule has 1 aromatic heterocycles. The van der Waals surface area contributed by atoms with Crippen LogP contribution in [-0.2, 0) is 0 Å². The molecule has 0 amide bonds. The SMILES string of the molecule is O=C(O)c1[nH]c2ccc(Cl)cc2c1-c1ccccc1F.[N-]=[N+]=N. The second kappa shape index (κ2) is 6.83. The Morgan fingerprint density at radius 1 is 1.30 bits per heavy atom. The highest BCUT2D eigenvalue weighted by Gasteiger charge is 2.20. The number of fused-ring (bicyclic) bond motifs is 1. The van der Waals surface area contributed by atoms with E-state index in [0.29, 0.717) is 21.5 Å². The van der Waals surface area contributed by atoms with E-state index in [0.717, 1.165) is 0 Å². The van der Waals surface area contributed by atoms with Crippen molar-refractivity contribution in [2.75, 3.05) is 0 Å². The monoisotopic (exact) mass is 332 g/mol. The van der Waals surface area contributed by atoms with Gasteiger partial charge in [0.1, 0.15) is 11.5 Å². The van der Waals surface area contributed by atoms with Crippen molar-refractivity contribution < 1.29 is 14.3 Å². The van der Waals surface area contributed by atoms with Crippen molar-refractivity contribution in [2.24, 2.45) is 0 Å². The van der Waals surface area contributed by atoms with Gasteiger partial charge in [0.25, 0.3) is 0 Å². The fraction of sp³-hybridized carbons (Fsp3) is 0. The molecular formula is C15H10ClFN4O2. The van der Waals surface area contributed by atoms with E-state index in [4.69, 9.17) is 22.7 Å². The van der Waals surface area contributed by atoms with E-state index in [1.807, 2.05) is 0 Å². The van der Waals surface area contributed by atoms with Gasteiger partial charge in [-0.3, -0.25) is 0 Å². The number of halogens is 2. The molecule has 0 bridgehead atoms. The van der Waals surface area contributed by atoms with Crippen molar-refractivity contribution in [2.45, 2.75) is 0 Å². The maximum Gasteiger partial charge on any atom is 0.352 e. The molecule has 0 spiro atoms. The molecule has 0 aliphatic rings. The van der Waals surface area contributed by atoms with Crippen LogP contribution >= 0.6 is 11.6 Å². The number of benzene rings is 2. The van der Waals surface area contributed by atoms with E-state index in [-0.39, 0.29) is 11.3 Å². The third kappa shape index (κ3) is 3.26. The maximum absolute atomic E-state index is 14.0. The van der Waals surface area contributed by atoms with Crippen molar-refractivity contribution >= 4 is 28.5 Å². The van der Waals surface area contributed by atoms with E-state index < -0.39 is 11.8 Å². The summed E-state index contributed by atoms with van der Waals surface area (Å²) in [5, 5.41) is 10.3. The molecule has 3 aromatic rings. The van der Waals surface area contributed by atoms with Crippen LogP contribution in [0.3, 0.4) is 0 Å². The number of carboxylic acid groups (broad SMARTS) is 1. The maximum atomic E-state index is 14.0. The largest absolute Gasteiger partial charge is 0.477 e. The number of aromatic carboxylic acids is 1. The Balaban J connectivity index is 0.000000595. The van der Waals surface area contributed by atoms with Crippen LogP contribution < -0.4 is 0 Å². The van der Waals surface area contributed by atoms with Gasteiger partial charge in [0, 0.05) is 27.1 Å². The summed E-state index contributed by atoms with van der Waals surface area (Å²) in [6, 6.07) is 11.0. The van der Waals surface area contributed by atoms with Gasteiger partial charge >= 0.3 is 5.97 Å². The standard InChI is InChI=1S/C15H9ClFNO2.HN3/c16-8-5-6-12-10(7-8)13(14(18-12)15(19)20)9-3-1-2-4-11(9)17;1-3-2/h1-7,18H,(H,19,20);1H. The molecule has 116 valence electrons. The van der Waals surface area contributed by atoms with Crippen molar-refractivity contribution in [3.05, 3.63) is 69.4 Å². The molecule has 0 unspecified atom stereocenters. The number of nitrogens with zero attached hydrogens (tertiary/aromatic N) is 2. The first-order chi connectivity index (χ1) is 11.0. The zero-order chi connectivity index (χ0) is 17.0. The number of aromatic amines is 1. The first-order valence-electron chi connectivity index (χ1n) is 6.29. The lowest BCUT2D eigenvalue weighted by Crippen LogP contribution is -1.99. The van der Waals surface area contributed by atoms with Crippen LogP contribution in [0.25, 0.3) is 32.5 Å². The second-order valence-corrected chi connectivity index (χ2v) is 4.89. The highest BCUT2D eigenvalue weighted by molar-refractivity contribution is 6.31. The number of rotatable bonds is 2. The number of carbonyl (C=O) groups is 1. The van der Waals surface area contributed by atoms with Crippen LogP contribution in [0.5, 0.6) is 0 Å². The Bertz CT molecular complexity index is 917. The molecule has 0 aliphatic carbocycles. The predicted octanol–water partition coefficient (Wildman–Crippen LogP) is 5.20. The van der Waals surface area contributed by atoms with Crippen LogP contribution in [0.15, 0.2) is 42.5 Å². The highest BCUT2D eigenvalue weighted by Crippen LogP contribution is 2.35. The number of carboxylic acids is 1. The summed E-state index contributed by atoms with van der Waals surface area (Å²) < 4.78 is 14.0. The third-order valence-electron chi connectivity index (χ3n) is 3.12. The smallest absolute Gasteiger partial charge is 0.352 e. The van der Waals surface area contributed by atoms with Gasteiger partial charge in [0.05, 0.1) is 0 Å². The molecule has 1 heterocycles. The molecule has 2 aromatic carbocycles. The molecule has 0 saturated carbocycles. The van der Waals surface area contributed by atoms with Crippen molar-refractivity contribution in [3.8, 4) is 11.1 Å². The van der Waals surface area contributed by atoms with Crippen LogP contribution in [0.4, 0.5) is 4.39 Å². The summed E-state index contributed by atoms with van der Waals surface area (Å²) in [4.78, 5) is 15.9. The Labute approximate surface area is 134 Å². The minimum Gasteiger partial charge on any atom is -0.477 e. The summed E-state index contributed by atoms with van der Waals surface area (Å²) in [5.41, 5.74) is 13.4. The lowest BCUT2D eigenvalue weighted by Gasteiger charge is -2.04. The molecule has 8 heteroatoms. The van der Waals surface area contributed by atoms with Gasteiger partial charge < -0.3 is 10.1 Å². The van der Waals surface area contributed by atoms with Crippen LogP contribution in [0, 0.1) is 11.3 Å². The predicted molar refractivity (Wildman–Crippen MR) is 85.1 cm³/mol. The van der Waals surface area contributed by atoms with Gasteiger partial charge in [-0.05, 0) is 34.7 Å². The van der Waals surface area contributed by atoms with Crippen molar-refractivity contribution in [1.29, 1.82) is 5.53 Å². The third-order valence-corrected chi connectivity index (χ3v) is 3.35. The Morgan fingerprint density at radius 2 is 1.96 bits per heavy atom. The van der Waals surface area contributed by atoms with Gasteiger partial charge in [0.2, 0.25) is 0 Å². The molecule has 0 saturated heterocycles. The molecule has 23 heavy (non-hydrogen) atoms.